The molecule has 0 aliphatic heterocycles. The van der Waals surface area contributed by atoms with Crippen molar-refractivity contribution in [2.75, 3.05) is 6.54 Å². The highest BCUT2D eigenvalue weighted by atomic mass is 35.5. The van der Waals surface area contributed by atoms with Crippen molar-refractivity contribution in [1.82, 2.24) is 5.32 Å². The third-order valence-corrected chi connectivity index (χ3v) is 3.56. The number of aliphatic hydroxyl groups excluding tert-OH is 1. The highest BCUT2D eigenvalue weighted by molar-refractivity contribution is 6.30. The van der Waals surface area contributed by atoms with Crippen LogP contribution in [0.3, 0.4) is 0 Å². The molecule has 0 fully saturated rings. The maximum Gasteiger partial charge on any atom is 0.129 e. The average molecular weight is 312 g/mol. The second kappa shape index (κ2) is 6.98. The number of rotatable bonds is 5. The molecule has 2 aromatic rings. The molecule has 0 aliphatic carbocycles. The molecule has 21 heavy (non-hydrogen) atoms. The first-order chi connectivity index (χ1) is 9.97. The molecule has 2 unspecified atom stereocenters. The first-order valence-electron chi connectivity index (χ1n) is 6.59. The van der Waals surface area contributed by atoms with Crippen LogP contribution in [-0.4, -0.2) is 11.7 Å². The molecule has 2 aromatic carbocycles. The van der Waals surface area contributed by atoms with E-state index in [4.69, 9.17) is 11.6 Å². The minimum absolute atomic E-state index is 0.0477. The smallest absolute Gasteiger partial charge is 0.129 e. The lowest BCUT2D eigenvalue weighted by molar-refractivity contribution is 0.166. The molecule has 2 nitrogen and oxygen atoms in total. The topological polar surface area (TPSA) is 32.3 Å². The number of halogens is 3. The molecule has 2 N–H and O–H groups in total. The second-order valence-corrected chi connectivity index (χ2v) is 5.30. The van der Waals surface area contributed by atoms with Crippen LogP contribution in [-0.2, 0) is 0 Å². The number of benzene rings is 2. The van der Waals surface area contributed by atoms with Crippen molar-refractivity contribution in [3.05, 3.63) is 70.2 Å². The summed E-state index contributed by atoms with van der Waals surface area (Å²) in [5, 5.41) is 13.7. The van der Waals surface area contributed by atoms with Gasteiger partial charge in [0, 0.05) is 23.2 Å². The van der Waals surface area contributed by atoms with Gasteiger partial charge in [0.2, 0.25) is 0 Å². The summed E-state index contributed by atoms with van der Waals surface area (Å²) in [5.41, 5.74) is 0.942. The highest BCUT2D eigenvalue weighted by Crippen LogP contribution is 2.20. The lowest BCUT2D eigenvalue weighted by atomic mass is 10.1. The van der Waals surface area contributed by atoms with Crippen LogP contribution >= 0.6 is 11.6 Å². The largest absolute Gasteiger partial charge is 0.387 e. The molecule has 2 rings (SSSR count). The van der Waals surface area contributed by atoms with E-state index in [1.54, 1.807) is 12.1 Å². The van der Waals surface area contributed by atoms with Crippen molar-refractivity contribution in [2.45, 2.75) is 19.1 Å². The van der Waals surface area contributed by atoms with Gasteiger partial charge in [0.25, 0.3) is 0 Å². The minimum Gasteiger partial charge on any atom is -0.387 e. The van der Waals surface area contributed by atoms with E-state index in [-0.39, 0.29) is 18.2 Å². The normalized spacial score (nSPS) is 14.0. The fourth-order valence-corrected chi connectivity index (χ4v) is 2.16. The van der Waals surface area contributed by atoms with Gasteiger partial charge in [-0.1, -0.05) is 23.7 Å². The number of hydrogen-bond donors (Lipinski definition) is 2. The van der Waals surface area contributed by atoms with Crippen LogP contribution in [0.1, 0.15) is 30.2 Å². The lowest BCUT2D eigenvalue weighted by Crippen LogP contribution is -2.25. The maximum atomic E-state index is 13.5. The molecule has 0 amide bonds. The van der Waals surface area contributed by atoms with Gasteiger partial charge in [0.1, 0.15) is 11.6 Å². The summed E-state index contributed by atoms with van der Waals surface area (Å²) in [5.74, 6) is -1.19. The third kappa shape index (κ3) is 4.24. The summed E-state index contributed by atoms with van der Waals surface area (Å²) in [4.78, 5) is 0. The van der Waals surface area contributed by atoms with Crippen molar-refractivity contribution in [3.63, 3.8) is 0 Å². The molecule has 0 saturated heterocycles. The predicted molar refractivity (Wildman–Crippen MR) is 79.2 cm³/mol. The van der Waals surface area contributed by atoms with E-state index < -0.39 is 17.7 Å². The van der Waals surface area contributed by atoms with Gasteiger partial charge >= 0.3 is 0 Å². The standard InChI is InChI=1S/C16H16ClF2NO/c1-10(11-2-4-12(17)5-3-11)20-9-16(21)14-8-13(18)6-7-15(14)19/h2-8,10,16,20-21H,9H2,1H3. The Morgan fingerprint density at radius 2 is 1.81 bits per heavy atom. The Balaban J connectivity index is 1.98. The zero-order valence-electron chi connectivity index (χ0n) is 11.5. The molecular weight excluding hydrogens is 296 g/mol. The number of aliphatic hydroxyl groups is 1. The van der Waals surface area contributed by atoms with Crippen molar-refractivity contribution >= 4 is 11.6 Å². The Hall–Kier alpha value is -1.49. The molecule has 0 radical (unpaired) electrons. The van der Waals surface area contributed by atoms with Crippen LogP contribution in [0.5, 0.6) is 0 Å². The van der Waals surface area contributed by atoms with E-state index in [2.05, 4.69) is 5.32 Å². The number of nitrogens with one attached hydrogen (secondary N) is 1. The van der Waals surface area contributed by atoms with E-state index in [0.717, 1.165) is 23.8 Å². The fourth-order valence-electron chi connectivity index (χ4n) is 2.04. The third-order valence-electron chi connectivity index (χ3n) is 3.30. The first-order valence-corrected chi connectivity index (χ1v) is 6.97. The molecule has 0 aliphatic rings. The van der Waals surface area contributed by atoms with E-state index >= 15 is 0 Å². The van der Waals surface area contributed by atoms with Gasteiger partial charge in [-0.15, -0.1) is 0 Å². The lowest BCUT2D eigenvalue weighted by Gasteiger charge is -2.18. The second-order valence-electron chi connectivity index (χ2n) is 4.86. The SMILES string of the molecule is CC(NCC(O)c1cc(F)ccc1F)c1ccc(Cl)cc1. The van der Waals surface area contributed by atoms with Crippen molar-refractivity contribution in [1.29, 1.82) is 0 Å². The van der Waals surface area contributed by atoms with Crippen LogP contribution in [0.4, 0.5) is 8.78 Å². The van der Waals surface area contributed by atoms with E-state index in [0.29, 0.717) is 5.02 Å². The van der Waals surface area contributed by atoms with Crippen molar-refractivity contribution < 1.29 is 13.9 Å². The Morgan fingerprint density at radius 3 is 2.48 bits per heavy atom. The first kappa shape index (κ1) is 15.9. The molecule has 5 heteroatoms. The quantitative estimate of drug-likeness (QED) is 0.874. The Morgan fingerprint density at radius 1 is 1.14 bits per heavy atom. The molecule has 0 bridgehead atoms. The minimum atomic E-state index is -1.12. The fraction of sp³-hybridized carbons (Fsp3) is 0.250. The van der Waals surface area contributed by atoms with Gasteiger partial charge < -0.3 is 10.4 Å². The molecule has 0 heterocycles. The molecule has 0 spiro atoms. The van der Waals surface area contributed by atoms with Gasteiger partial charge in [-0.05, 0) is 42.8 Å². The molecule has 0 aromatic heterocycles. The highest BCUT2D eigenvalue weighted by Gasteiger charge is 2.15. The molecule has 112 valence electrons. The van der Waals surface area contributed by atoms with Crippen LogP contribution in [0, 0.1) is 11.6 Å². The molecular formula is C16H16ClF2NO. The number of hydrogen-bond acceptors (Lipinski definition) is 2. The van der Waals surface area contributed by atoms with Crippen LogP contribution < -0.4 is 5.32 Å². The molecule has 2 atom stereocenters. The van der Waals surface area contributed by atoms with Gasteiger partial charge in [0.05, 0.1) is 6.10 Å². The zero-order chi connectivity index (χ0) is 15.4. The van der Waals surface area contributed by atoms with Gasteiger partial charge in [-0.3, -0.25) is 0 Å². The summed E-state index contributed by atoms with van der Waals surface area (Å²) in [6.45, 7) is 2.03. The summed E-state index contributed by atoms with van der Waals surface area (Å²) in [7, 11) is 0. The summed E-state index contributed by atoms with van der Waals surface area (Å²) < 4.78 is 26.6. The Labute approximate surface area is 127 Å². The van der Waals surface area contributed by atoms with E-state index in [9.17, 15) is 13.9 Å². The van der Waals surface area contributed by atoms with E-state index in [1.807, 2.05) is 19.1 Å². The Kier molecular flexibility index (Phi) is 5.28. The van der Waals surface area contributed by atoms with Gasteiger partial charge in [0.15, 0.2) is 0 Å². The summed E-state index contributed by atoms with van der Waals surface area (Å²) >= 11 is 5.82. The Bertz CT molecular complexity index is 604. The van der Waals surface area contributed by atoms with Crippen molar-refractivity contribution in [2.24, 2.45) is 0 Å². The summed E-state index contributed by atoms with van der Waals surface area (Å²) in [6, 6.07) is 10.3. The van der Waals surface area contributed by atoms with Gasteiger partial charge in [-0.2, -0.15) is 0 Å². The average Bonchev–Trinajstić information content (AvgIpc) is 2.47. The van der Waals surface area contributed by atoms with Crippen LogP contribution in [0.25, 0.3) is 0 Å². The van der Waals surface area contributed by atoms with Crippen LogP contribution in [0.15, 0.2) is 42.5 Å². The summed E-state index contributed by atoms with van der Waals surface area (Å²) in [6.07, 6.45) is -1.12. The zero-order valence-corrected chi connectivity index (χ0v) is 12.2. The van der Waals surface area contributed by atoms with Crippen molar-refractivity contribution in [3.8, 4) is 0 Å². The predicted octanol–water partition coefficient (Wildman–Crippen LogP) is 4.00. The van der Waals surface area contributed by atoms with Gasteiger partial charge in [-0.25, -0.2) is 8.78 Å². The monoisotopic (exact) mass is 311 g/mol. The maximum absolute atomic E-state index is 13.5. The molecule has 0 saturated carbocycles. The van der Waals surface area contributed by atoms with E-state index in [1.165, 1.54) is 0 Å². The van der Waals surface area contributed by atoms with Crippen LogP contribution in [0.2, 0.25) is 5.02 Å².